The predicted molar refractivity (Wildman–Crippen MR) is 114 cm³/mol. The molecule has 1 fully saturated rings. The van der Waals surface area contributed by atoms with Crippen molar-refractivity contribution in [1.82, 2.24) is 4.90 Å². The lowest BCUT2D eigenvalue weighted by Crippen LogP contribution is -2.49. The van der Waals surface area contributed by atoms with Crippen molar-refractivity contribution in [3.63, 3.8) is 0 Å². The van der Waals surface area contributed by atoms with E-state index >= 15 is 0 Å². The van der Waals surface area contributed by atoms with Gasteiger partial charge in [-0.3, -0.25) is 9.69 Å². The fourth-order valence-corrected chi connectivity index (χ4v) is 3.93. The molecular weight excluding hydrogens is 398 g/mol. The van der Waals surface area contributed by atoms with Gasteiger partial charge < -0.3 is 19.3 Å². The van der Waals surface area contributed by atoms with Gasteiger partial charge in [-0.2, -0.15) is 0 Å². The van der Waals surface area contributed by atoms with Crippen LogP contribution in [0.3, 0.4) is 0 Å². The number of nitrogens with zero attached hydrogens (tertiary/aromatic N) is 1. The number of ether oxygens (including phenoxy) is 3. The topological polar surface area (TPSA) is 85.3 Å². The lowest BCUT2D eigenvalue weighted by Gasteiger charge is -2.32. The van der Waals surface area contributed by atoms with Gasteiger partial charge in [0.2, 0.25) is 0 Å². The van der Waals surface area contributed by atoms with Gasteiger partial charge in [0.05, 0.1) is 25.4 Å². The van der Waals surface area contributed by atoms with Crippen molar-refractivity contribution < 1.29 is 28.9 Å². The maximum atomic E-state index is 13.0. The average Bonchev–Trinajstić information content (AvgIpc) is 3.12. The molecule has 1 N–H and O–H groups in total. The maximum absolute atomic E-state index is 13.0. The average molecular weight is 427 g/mol. The number of hydrogen-bond acceptors (Lipinski definition) is 6. The summed E-state index contributed by atoms with van der Waals surface area (Å²) in [5, 5.41) is 11.2. The summed E-state index contributed by atoms with van der Waals surface area (Å²) in [6, 6.07) is 17.8. The first-order valence-corrected chi connectivity index (χ1v) is 10.5. The van der Waals surface area contributed by atoms with E-state index in [-0.39, 0.29) is 13.2 Å². The van der Waals surface area contributed by atoms with Gasteiger partial charge in [0.25, 0.3) is 0 Å². The van der Waals surface area contributed by atoms with Crippen LogP contribution in [-0.4, -0.2) is 47.6 Å². The van der Waals surface area contributed by atoms with E-state index in [1.807, 2.05) is 43.3 Å². The molecule has 0 saturated carbocycles. The van der Waals surface area contributed by atoms with Gasteiger partial charge in [0.15, 0.2) is 6.23 Å². The highest BCUT2D eigenvalue weighted by Gasteiger charge is 2.52. The molecule has 7 heteroatoms. The Kier molecular flexibility index (Phi) is 7.65. The van der Waals surface area contributed by atoms with E-state index in [0.29, 0.717) is 5.56 Å². The molecular formula is C24H29NO6. The molecule has 166 valence electrons. The molecule has 0 aliphatic carbocycles. The van der Waals surface area contributed by atoms with Crippen LogP contribution < -0.4 is 0 Å². The molecule has 1 amide bonds. The van der Waals surface area contributed by atoms with Crippen molar-refractivity contribution >= 4 is 12.1 Å². The first kappa shape index (κ1) is 22.8. The highest BCUT2D eigenvalue weighted by molar-refractivity contribution is 5.76. The standard InChI is InChI=1S/C24H29NO6/c1-4-29-23(27)19(20(26)17-12-8-6-9-13-17)22-25(24(28)30-5-2)16(3)21(31-22)18-14-10-7-11-15-18/h6-16,19-22,26H,4-5H2,1-3H3/t16-,19+,20-,21-,22?/m0/s1. The molecule has 1 saturated heterocycles. The quantitative estimate of drug-likeness (QED) is 0.676. The van der Waals surface area contributed by atoms with E-state index in [1.165, 1.54) is 4.90 Å². The summed E-state index contributed by atoms with van der Waals surface area (Å²) >= 11 is 0. The molecule has 0 radical (unpaired) electrons. The van der Waals surface area contributed by atoms with E-state index in [1.54, 1.807) is 38.1 Å². The number of esters is 1. The molecule has 1 unspecified atom stereocenters. The number of hydrogen-bond donors (Lipinski definition) is 1. The zero-order valence-electron chi connectivity index (χ0n) is 18.0. The summed E-state index contributed by atoms with van der Waals surface area (Å²) in [5.74, 6) is -1.79. The summed E-state index contributed by atoms with van der Waals surface area (Å²) in [6.07, 6.45) is -3.39. The lowest BCUT2D eigenvalue weighted by atomic mass is 9.93. The Hall–Kier alpha value is -2.90. The summed E-state index contributed by atoms with van der Waals surface area (Å²) in [4.78, 5) is 27.3. The van der Waals surface area contributed by atoms with Gasteiger partial charge in [-0.25, -0.2) is 4.79 Å². The van der Waals surface area contributed by atoms with Crippen molar-refractivity contribution in [2.75, 3.05) is 13.2 Å². The van der Waals surface area contributed by atoms with Crippen LogP contribution in [0.5, 0.6) is 0 Å². The maximum Gasteiger partial charge on any atom is 0.412 e. The SMILES string of the molecule is CCOC(=O)[C@@H](C1O[C@H](c2ccccc2)[C@H](C)N1C(=O)OCC)[C@@H](O)c1ccccc1. The molecule has 1 aliphatic rings. The predicted octanol–water partition coefficient (Wildman–Crippen LogP) is 3.84. The molecule has 2 aromatic carbocycles. The second kappa shape index (κ2) is 10.4. The number of carbonyl (C=O) groups excluding carboxylic acids is 2. The van der Waals surface area contributed by atoms with Crippen LogP contribution in [0, 0.1) is 5.92 Å². The molecule has 31 heavy (non-hydrogen) atoms. The fourth-order valence-electron chi connectivity index (χ4n) is 3.93. The molecule has 5 atom stereocenters. The Morgan fingerprint density at radius 3 is 2.16 bits per heavy atom. The Balaban J connectivity index is 2.02. The molecule has 3 rings (SSSR count). The number of aliphatic hydroxyl groups excluding tert-OH is 1. The Labute approximate surface area is 182 Å². The minimum atomic E-state index is -1.23. The highest BCUT2D eigenvalue weighted by Crippen LogP contribution is 2.41. The largest absolute Gasteiger partial charge is 0.466 e. The second-order valence-corrected chi connectivity index (χ2v) is 7.34. The lowest BCUT2D eigenvalue weighted by molar-refractivity contribution is -0.165. The zero-order valence-corrected chi connectivity index (χ0v) is 18.0. The summed E-state index contributed by atoms with van der Waals surface area (Å²) in [7, 11) is 0. The highest BCUT2D eigenvalue weighted by atomic mass is 16.6. The van der Waals surface area contributed by atoms with Crippen molar-refractivity contribution in [1.29, 1.82) is 0 Å². The molecule has 2 aromatic rings. The third-order valence-corrected chi connectivity index (χ3v) is 5.39. The Morgan fingerprint density at radius 2 is 1.58 bits per heavy atom. The van der Waals surface area contributed by atoms with E-state index in [9.17, 15) is 14.7 Å². The van der Waals surface area contributed by atoms with Crippen LogP contribution in [0.15, 0.2) is 60.7 Å². The van der Waals surface area contributed by atoms with Crippen molar-refractivity contribution in [3.05, 3.63) is 71.8 Å². The fraction of sp³-hybridized carbons (Fsp3) is 0.417. The monoisotopic (exact) mass is 427 g/mol. The molecule has 1 aliphatic heterocycles. The van der Waals surface area contributed by atoms with Crippen LogP contribution in [0.1, 0.15) is 44.1 Å². The number of rotatable bonds is 7. The second-order valence-electron chi connectivity index (χ2n) is 7.34. The number of aliphatic hydroxyl groups is 1. The van der Waals surface area contributed by atoms with Gasteiger partial charge in [-0.1, -0.05) is 60.7 Å². The van der Waals surface area contributed by atoms with E-state index in [4.69, 9.17) is 14.2 Å². The third-order valence-electron chi connectivity index (χ3n) is 5.39. The summed E-state index contributed by atoms with van der Waals surface area (Å²) in [5.41, 5.74) is 1.40. The number of carbonyl (C=O) groups is 2. The smallest absolute Gasteiger partial charge is 0.412 e. The molecule has 0 aromatic heterocycles. The van der Waals surface area contributed by atoms with E-state index in [2.05, 4.69) is 0 Å². The first-order chi connectivity index (χ1) is 15.0. The van der Waals surface area contributed by atoms with E-state index < -0.39 is 42.5 Å². The molecule has 7 nitrogen and oxygen atoms in total. The van der Waals surface area contributed by atoms with E-state index in [0.717, 1.165) is 5.56 Å². The summed E-state index contributed by atoms with van der Waals surface area (Å²) < 4.78 is 16.8. The van der Waals surface area contributed by atoms with Crippen LogP contribution in [0.2, 0.25) is 0 Å². The number of benzene rings is 2. The molecule has 0 spiro atoms. The Bertz CT molecular complexity index is 859. The van der Waals surface area contributed by atoms with Gasteiger partial charge >= 0.3 is 12.1 Å². The molecule has 0 bridgehead atoms. The van der Waals surface area contributed by atoms with Crippen molar-refractivity contribution in [2.24, 2.45) is 5.92 Å². The summed E-state index contributed by atoms with van der Waals surface area (Å²) in [6.45, 7) is 5.56. The van der Waals surface area contributed by atoms with Crippen molar-refractivity contribution in [3.8, 4) is 0 Å². The normalized spacial score (nSPS) is 22.6. The van der Waals surface area contributed by atoms with Gasteiger partial charge in [-0.15, -0.1) is 0 Å². The van der Waals surface area contributed by atoms with Gasteiger partial charge in [0.1, 0.15) is 12.0 Å². The van der Waals surface area contributed by atoms with Crippen LogP contribution in [0.25, 0.3) is 0 Å². The third kappa shape index (κ3) is 4.89. The number of amides is 1. The molecule has 1 heterocycles. The first-order valence-electron chi connectivity index (χ1n) is 10.5. The van der Waals surface area contributed by atoms with Gasteiger partial charge in [0, 0.05) is 0 Å². The van der Waals surface area contributed by atoms with Crippen LogP contribution in [-0.2, 0) is 19.0 Å². The minimum absolute atomic E-state index is 0.140. The zero-order chi connectivity index (χ0) is 22.4. The Morgan fingerprint density at radius 1 is 1.00 bits per heavy atom. The van der Waals surface area contributed by atoms with Crippen LogP contribution >= 0.6 is 0 Å². The van der Waals surface area contributed by atoms with Crippen LogP contribution in [0.4, 0.5) is 4.79 Å². The minimum Gasteiger partial charge on any atom is -0.466 e. The van der Waals surface area contributed by atoms with Crippen molar-refractivity contribution in [2.45, 2.75) is 45.2 Å². The van der Waals surface area contributed by atoms with Gasteiger partial charge in [-0.05, 0) is 31.9 Å².